The first-order valence-corrected chi connectivity index (χ1v) is 3.13. The van der Waals surface area contributed by atoms with Gasteiger partial charge in [0.2, 0.25) is 0 Å². The largest absolute Gasteiger partial charge is 0.515 e. The van der Waals surface area contributed by atoms with E-state index < -0.39 is 11.8 Å². The van der Waals surface area contributed by atoms with Crippen LogP contribution in [0.5, 0.6) is 0 Å². The van der Waals surface area contributed by atoms with Gasteiger partial charge in [-0.3, -0.25) is 4.79 Å². The van der Waals surface area contributed by atoms with Crippen molar-refractivity contribution in [2.75, 3.05) is 7.11 Å². The van der Waals surface area contributed by atoms with Gasteiger partial charge in [0.25, 0.3) is 0 Å². The van der Waals surface area contributed by atoms with Crippen LogP contribution in [0.2, 0.25) is 0 Å². The van der Waals surface area contributed by atoms with E-state index >= 15 is 0 Å². The van der Waals surface area contributed by atoms with Gasteiger partial charge in [-0.25, -0.2) is 4.79 Å². The lowest BCUT2D eigenvalue weighted by molar-refractivity contribution is -0.137. The van der Waals surface area contributed by atoms with Gasteiger partial charge in [-0.05, 0) is 0 Å². The van der Waals surface area contributed by atoms with Crippen LogP contribution in [0.25, 0.3) is 0 Å². The number of aliphatic hydroxyl groups is 1. The van der Waals surface area contributed by atoms with Crippen molar-refractivity contribution in [3.05, 3.63) is 11.8 Å². The number of ether oxygens (including phenoxy) is 1. The highest BCUT2D eigenvalue weighted by Crippen LogP contribution is 2.00. The molecule has 62 valence electrons. The van der Waals surface area contributed by atoms with Crippen molar-refractivity contribution in [1.29, 1.82) is 0 Å². The minimum atomic E-state index is -0.806. The summed E-state index contributed by atoms with van der Waals surface area (Å²) in [6.45, 7) is 1.59. The molecule has 11 heavy (non-hydrogen) atoms. The predicted octanol–water partition coefficient (Wildman–Crippen LogP) is 0.580. The minimum absolute atomic E-state index is 0.168. The maximum atomic E-state index is 10.8. The second-order valence-corrected chi connectivity index (χ2v) is 1.81. The predicted molar refractivity (Wildman–Crippen MR) is 38.0 cm³/mol. The number of esters is 1. The highest BCUT2D eigenvalue weighted by Gasteiger charge is 2.16. The summed E-state index contributed by atoms with van der Waals surface area (Å²) in [5, 5.41) is 8.45. The van der Waals surface area contributed by atoms with Crippen LogP contribution in [0.4, 0.5) is 0 Å². The van der Waals surface area contributed by atoms with Gasteiger partial charge in [0, 0.05) is 6.42 Å². The van der Waals surface area contributed by atoms with Crippen LogP contribution in [-0.4, -0.2) is 24.0 Å². The molecule has 0 unspecified atom stereocenters. The van der Waals surface area contributed by atoms with Crippen LogP contribution < -0.4 is 0 Å². The summed E-state index contributed by atoms with van der Waals surface area (Å²) in [5.74, 6) is -1.24. The average molecular weight is 158 g/mol. The quantitative estimate of drug-likeness (QED) is 0.214. The Balaban J connectivity index is 4.43. The maximum Gasteiger partial charge on any atom is 0.344 e. The average Bonchev–Trinajstić information content (AvgIpc) is 2.05. The summed E-state index contributed by atoms with van der Waals surface area (Å²) in [6.07, 6.45) is 0.638. The normalized spacial score (nSPS) is 10.9. The van der Waals surface area contributed by atoms with E-state index in [0.717, 1.165) is 7.11 Å². The first-order chi connectivity index (χ1) is 5.17. The lowest BCUT2D eigenvalue weighted by Crippen LogP contribution is -2.13. The summed E-state index contributed by atoms with van der Waals surface area (Å²) in [7, 11) is 1.15. The number of ketones is 1. The Kier molecular flexibility index (Phi) is 3.95. The molecule has 0 aromatic carbocycles. The molecule has 0 spiro atoms. The topological polar surface area (TPSA) is 63.6 Å². The Morgan fingerprint density at radius 3 is 2.36 bits per heavy atom. The standard InChI is InChI=1S/C7H10O4/c1-3-6(9)5(4-8)7(10)11-2/h4,8H,3H2,1-2H3/b5-4+. The van der Waals surface area contributed by atoms with E-state index in [9.17, 15) is 9.59 Å². The number of methoxy groups -OCH3 is 1. The van der Waals surface area contributed by atoms with Crippen molar-refractivity contribution in [3.63, 3.8) is 0 Å². The molecule has 0 bridgehead atoms. The third-order valence-electron chi connectivity index (χ3n) is 1.16. The van der Waals surface area contributed by atoms with Gasteiger partial charge >= 0.3 is 5.97 Å². The maximum absolute atomic E-state index is 10.8. The van der Waals surface area contributed by atoms with Crippen LogP contribution in [-0.2, 0) is 14.3 Å². The molecule has 0 aromatic rings. The van der Waals surface area contributed by atoms with Crippen molar-refractivity contribution in [3.8, 4) is 0 Å². The molecule has 0 radical (unpaired) electrons. The molecular weight excluding hydrogens is 148 g/mol. The zero-order valence-corrected chi connectivity index (χ0v) is 6.46. The molecule has 0 aromatic heterocycles. The smallest absolute Gasteiger partial charge is 0.344 e. The van der Waals surface area contributed by atoms with Gasteiger partial charge in [0.05, 0.1) is 13.4 Å². The van der Waals surface area contributed by atoms with Crippen LogP contribution in [0.15, 0.2) is 11.8 Å². The number of aliphatic hydroxyl groups excluding tert-OH is 1. The van der Waals surface area contributed by atoms with Crippen molar-refractivity contribution >= 4 is 11.8 Å². The van der Waals surface area contributed by atoms with Crippen LogP contribution in [0.1, 0.15) is 13.3 Å². The van der Waals surface area contributed by atoms with Gasteiger partial charge < -0.3 is 9.84 Å². The molecule has 4 heteroatoms. The molecular formula is C7H10O4. The SMILES string of the molecule is CCC(=O)/C(=C\O)C(=O)OC. The molecule has 0 aliphatic carbocycles. The van der Waals surface area contributed by atoms with E-state index in [1.54, 1.807) is 6.92 Å². The molecule has 0 aliphatic rings. The molecule has 0 heterocycles. The molecule has 4 nitrogen and oxygen atoms in total. The third kappa shape index (κ3) is 2.41. The van der Waals surface area contributed by atoms with Crippen LogP contribution in [0, 0.1) is 0 Å². The number of carbonyl (C=O) groups is 2. The summed E-state index contributed by atoms with van der Waals surface area (Å²) in [4.78, 5) is 21.5. The first kappa shape index (κ1) is 9.68. The number of carbonyl (C=O) groups excluding carboxylic acids is 2. The Hall–Kier alpha value is -1.32. The fourth-order valence-electron chi connectivity index (χ4n) is 0.539. The molecule has 0 amide bonds. The van der Waals surface area contributed by atoms with E-state index in [2.05, 4.69) is 4.74 Å². The molecule has 0 aliphatic heterocycles. The summed E-state index contributed by atoms with van der Waals surface area (Å²) in [6, 6.07) is 0. The van der Waals surface area contributed by atoms with E-state index in [1.165, 1.54) is 0 Å². The van der Waals surface area contributed by atoms with Gasteiger partial charge in [0.15, 0.2) is 5.78 Å². The Morgan fingerprint density at radius 2 is 2.09 bits per heavy atom. The van der Waals surface area contributed by atoms with Crippen LogP contribution >= 0.6 is 0 Å². The molecule has 0 rings (SSSR count). The van der Waals surface area contributed by atoms with Crippen molar-refractivity contribution in [1.82, 2.24) is 0 Å². The fraction of sp³-hybridized carbons (Fsp3) is 0.429. The Bertz CT molecular complexity index is 175. The minimum Gasteiger partial charge on any atom is -0.515 e. The Morgan fingerprint density at radius 1 is 1.55 bits per heavy atom. The zero-order valence-electron chi connectivity index (χ0n) is 6.46. The number of hydrogen-bond donors (Lipinski definition) is 1. The number of Topliss-reactive ketones (excluding diaryl/α,β-unsaturated/α-hetero) is 1. The highest BCUT2D eigenvalue weighted by molar-refractivity contribution is 6.16. The number of hydrogen-bond acceptors (Lipinski definition) is 4. The van der Waals surface area contributed by atoms with Crippen molar-refractivity contribution in [2.24, 2.45) is 0 Å². The molecule has 0 saturated carbocycles. The van der Waals surface area contributed by atoms with Crippen LogP contribution in [0.3, 0.4) is 0 Å². The van der Waals surface area contributed by atoms with Gasteiger partial charge in [-0.15, -0.1) is 0 Å². The van der Waals surface area contributed by atoms with Crippen molar-refractivity contribution in [2.45, 2.75) is 13.3 Å². The first-order valence-electron chi connectivity index (χ1n) is 3.13. The van der Waals surface area contributed by atoms with E-state index in [0.29, 0.717) is 6.26 Å². The van der Waals surface area contributed by atoms with E-state index in [-0.39, 0.29) is 12.0 Å². The van der Waals surface area contributed by atoms with Gasteiger partial charge in [-0.2, -0.15) is 0 Å². The number of rotatable bonds is 3. The fourth-order valence-corrected chi connectivity index (χ4v) is 0.539. The summed E-state index contributed by atoms with van der Waals surface area (Å²) >= 11 is 0. The second-order valence-electron chi connectivity index (χ2n) is 1.81. The molecule has 0 atom stereocenters. The molecule has 0 saturated heterocycles. The van der Waals surface area contributed by atoms with Gasteiger partial charge in [0.1, 0.15) is 5.57 Å². The lowest BCUT2D eigenvalue weighted by Gasteiger charge is -1.99. The van der Waals surface area contributed by atoms with E-state index in [4.69, 9.17) is 5.11 Å². The van der Waals surface area contributed by atoms with E-state index in [1.807, 2.05) is 0 Å². The molecule has 1 N–H and O–H groups in total. The summed E-state index contributed by atoms with van der Waals surface area (Å²) < 4.78 is 4.24. The Labute approximate surface area is 64.5 Å². The second kappa shape index (κ2) is 4.49. The highest BCUT2D eigenvalue weighted by atomic mass is 16.5. The van der Waals surface area contributed by atoms with Crippen molar-refractivity contribution < 1.29 is 19.4 Å². The van der Waals surface area contributed by atoms with Gasteiger partial charge in [-0.1, -0.05) is 6.92 Å². The summed E-state index contributed by atoms with van der Waals surface area (Å²) in [5.41, 5.74) is -0.310. The third-order valence-corrected chi connectivity index (χ3v) is 1.16. The zero-order chi connectivity index (χ0) is 8.85. The monoisotopic (exact) mass is 158 g/mol. The lowest BCUT2D eigenvalue weighted by atomic mass is 10.1. The molecule has 0 fully saturated rings.